The van der Waals surface area contributed by atoms with Gasteiger partial charge in [-0.3, -0.25) is 4.40 Å². The number of benzene rings is 2. The largest absolute Gasteiger partial charge is 0.313 e. The minimum Gasteiger partial charge on any atom is -0.313 e. The normalized spacial score (nSPS) is 11.9. The third kappa shape index (κ3) is 3.56. The maximum atomic E-state index is 6.26. The number of rotatable bonds is 3. The molecule has 5 aromatic rings. The number of halogens is 1. The van der Waals surface area contributed by atoms with Gasteiger partial charge in [0.2, 0.25) is 0 Å². The van der Waals surface area contributed by atoms with E-state index in [2.05, 4.69) is 55.2 Å². The van der Waals surface area contributed by atoms with Crippen LogP contribution >= 0.6 is 11.6 Å². The molecular formula is C25H23ClN6. The summed E-state index contributed by atoms with van der Waals surface area (Å²) in [4.78, 5) is 11.6. The predicted octanol–water partition coefficient (Wildman–Crippen LogP) is 6.06. The molecular weight excluding hydrogens is 420 g/mol. The van der Waals surface area contributed by atoms with Gasteiger partial charge in [-0.2, -0.15) is 4.98 Å². The van der Waals surface area contributed by atoms with Crippen LogP contribution in [0.1, 0.15) is 26.3 Å². The molecule has 0 saturated heterocycles. The summed E-state index contributed by atoms with van der Waals surface area (Å²) in [6.45, 7) is 6.64. The lowest BCUT2D eigenvalue weighted by Crippen LogP contribution is -2.14. The van der Waals surface area contributed by atoms with Gasteiger partial charge < -0.3 is 4.90 Å². The van der Waals surface area contributed by atoms with Crippen LogP contribution in [0.3, 0.4) is 0 Å². The summed E-state index contributed by atoms with van der Waals surface area (Å²) < 4.78 is 1.83. The van der Waals surface area contributed by atoms with E-state index < -0.39 is 0 Å². The van der Waals surface area contributed by atoms with Crippen molar-refractivity contribution in [1.29, 1.82) is 0 Å². The highest BCUT2D eigenvalue weighted by Crippen LogP contribution is 2.32. The summed E-state index contributed by atoms with van der Waals surface area (Å²) in [5, 5.41) is 9.73. The van der Waals surface area contributed by atoms with E-state index in [1.165, 1.54) is 5.56 Å². The smallest absolute Gasteiger partial charge is 0.257 e. The van der Waals surface area contributed by atoms with E-state index in [1.54, 1.807) is 6.33 Å². The summed E-state index contributed by atoms with van der Waals surface area (Å²) in [7, 11) is 1.96. The van der Waals surface area contributed by atoms with Gasteiger partial charge >= 0.3 is 0 Å². The standard InChI is InChI=1S/C25H23ClN6/c1-25(2,3)17-10-8-16(9-11-17)20-6-5-7-22(28-20)31(4)23-19-13-12-18(26)14-21(19)32-15-27-30-24(32)29-23/h5-15H,1-4H3. The maximum absolute atomic E-state index is 6.26. The summed E-state index contributed by atoms with van der Waals surface area (Å²) in [6, 6.07) is 20.3. The third-order valence-corrected chi connectivity index (χ3v) is 5.87. The van der Waals surface area contributed by atoms with E-state index in [-0.39, 0.29) is 5.41 Å². The Labute approximate surface area is 191 Å². The fourth-order valence-corrected chi connectivity index (χ4v) is 3.97. The number of fused-ring (bicyclic) bond motifs is 3. The lowest BCUT2D eigenvalue weighted by Gasteiger charge is -2.21. The van der Waals surface area contributed by atoms with E-state index >= 15 is 0 Å². The van der Waals surface area contributed by atoms with E-state index in [0.717, 1.165) is 33.8 Å². The Hall–Kier alpha value is -3.51. The molecule has 7 heteroatoms. The van der Waals surface area contributed by atoms with Crippen LogP contribution in [-0.2, 0) is 5.41 Å². The number of pyridine rings is 1. The molecule has 0 unspecified atom stereocenters. The number of hydrogen-bond donors (Lipinski definition) is 0. The number of aromatic nitrogens is 5. The second-order valence-electron chi connectivity index (χ2n) is 8.87. The predicted molar refractivity (Wildman–Crippen MR) is 130 cm³/mol. The summed E-state index contributed by atoms with van der Waals surface area (Å²) in [5.41, 5.74) is 4.29. The molecule has 160 valence electrons. The van der Waals surface area contributed by atoms with Crippen LogP contribution in [0.4, 0.5) is 11.6 Å². The molecule has 0 bridgehead atoms. The summed E-state index contributed by atoms with van der Waals surface area (Å²) in [6.07, 6.45) is 1.64. The van der Waals surface area contributed by atoms with Crippen LogP contribution in [0, 0.1) is 0 Å². The van der Waals surface area contributed by atoms with Crippen LogP contribution in [0.15, 0.2) is 67.0 Å². The lowest BCUT2D eigenvalue weighted by atomic mass is 9.86. The van der Waals surface area contributed by atoms with Gasteiger partial charge in [-0.15, -0.1) is 10.2 Å². The van der Waals surface area contributed by atoms with E-state index in [1.807, 2.05) is 52.7 Å². The van der Waals surface area contributed by atoms with Crippen molar-refractivity contribution in [2.45, 2.75) is 26.2 Å². The third-order valence-electron chi connectivity index (χ3n) is 5.64. The van der Waals surface area contributed by atoms with Gasteiger partial charge in [-0.25, -0.2) is 4.98 Å². The van der Waals surface area contributed by atoms with Crippen LogP contribution in [0.25, 0.3) is 27.9 Å². The monoisotopic (exact) mass is 442 g/mol. The lowest BCUT2D eigenvalue weighted by molar-refractivity contribution is 0.590. The highest BCUT2D eigenvalue weighted by atomic mass is 35.5. The van der Waals surface area contributed by atoms with Crippen molar-refractivity contribution in [3.63, 3.8) is 0 Å². The van der Waals surface area contributed by atoms with Crippen LogP contribution < -0.4 is 4.90 Å². The second kappa shape index (κ2) is 7.57. The molecule has 0 aliphatic carbocycles. The van der Waals surface area contributed by atoms with Gasteiger partial charge in [0.25, 0.3) is 5.78 Å². The van der Waals surface area contributed by atoms with E-state index in [9.17, 15) is 0 Å². The van der Waals surface area contributed by atoms with Crippen molar-refractivity contribution in [3.05, 3.63) is 77.6 Å². The van der Waals surface area contributed by atoms with Gasteiger partial charge in [0.15, 0.2) is 0 Å². The Bertz CT molecular complexity index is 1430. The number of anilines is 2. The van der Waals surface area contributed by atoms with Gasteiger partial charge in [-0.1, -0.05) is 62.7 Å². The molecule has 0 aliphatic rings. The Morgan fingerprint density at radius 2 is 1.72 bits per heavy atom. The van der Waals surface area contributed by atoms with Crippen molar-refractivity contribution in [1.82, 2.24) is 24.6 Å². The highest BCUT2D eigenvalue weighted by molar-refractivity contribution is 6.31. The SMILES string of the molecule is CN(c1cccc(-c2ccc(C(C)(C)C)cc2)n1)c1nc2nncn2c2cc(Cl)ccc12. The molecule has 0 N–H and O–H groups in total. The average Bonchev–Trinajstić information content (AvgIpc) is 3.26. The molecule has 6 nitrogen and oxygen atoms in total. The molecule has 2 aromatic carbocycles. The van der Waals surface area contributed by atoms with Crippen LogP contribution in [0.5, 0.6) is 0 Å². The highest BCUT2D eigenvalue weighted by Gasteiger charge is 2.17. The second-order valence-corrected chi connectivity index (χ2v) is 9.30. The Morgan fingerprint density at radius 1 is 0.938 bits per heavy atom. The van der Waals surface area contributed by atoms with Gasteiger partial charge in [0, 0.05) is 23.0 Å². The zero-order chi connectivity index (χ0) is 22.5. The fourth-order valence-electron chi connectivity index (χ4n) is 3.80. The van der Waals surface area contributed by atoms with Gasteiger partial charge in [-0.05, 0) is 41.3 Å². The molecule has 0 radical (unpaired) electrons. The maximum Gasteiger partial charge on any atom is 0.257 e. The number of hydrogen-bond acceptors (Lipinski definition) is 5. The van der Waals surface area contributed by atoms with Crippen molar-refractivity contribution in [3.8, 4) is 11.3 Å². The van der Waals surface area contributed by atoms with Crippen LogP contribution in [-0.4, -0.2) is 31.6 Å². The Balaban J connectivity index is 1.58. The first-order valence-corrected chi connectivity index (χ1v) is 10.8. The first kappa shape index (κ1) is 20.4. The molecule has 0 saturated carbocycles. The Morgan fingerprint density at radius 3 is 2.47 bits per heavy atom. The van der Waals surface area contributed by atoms with Gasteiger partial charge in [0.1, 0.15) is 18.0 Å². The van der Waals surface area contributed by atoms with Crippen molar-refractivity contribution < 1.29 is 0 Å². The molecule has 0 aliphatic heterocycles. The van der Waals surface area contributed by atoms with Crippen LogP contribution in [0.2, 0.25) is 5.02 Å². The van der Waals surface area contributed by atoms with E-state index in [0.29, 0.717) is 10.8 Å². The topological polar surface area (TPSA) is 59.2 Å². The van der Waals surface area contributed by atoms with Crippen molar-refractivity contribution in [2.75, 3.05) is 11.9 Å². The molecule has 0 fully saturated rings. The molecule has 0 spiro atoms. The summed E-state index contributed by atoms with van der Waals surface area (Å²) in [5.74, 6) is 2.04. The molecule has 3 aromatic heterocycles. The molecule has 0 atom stereocenters. The quantitative estimate of drug-likeness (QED) is 0.340. The Kier molecular flexibility index (Phi) is 4.82. The first-order valence-electron chi connectivity index (χ1n) is 10.4. The minimum atomic E-state index is 0.115. The molecule has 32 heavy (non-hydrogen) atoms. The molecule has 0 amide bonds. The summed E-state index contributed by atoms with van der Waals surface area (Å²) >= 11 is 6.26. The van der Waals surface area contributed by atoms with E-state index in [4.69, 9.17) is 21.6 Å². The molecule has 3 heterocycles. The fraction of sp³-hybridized carbons (Fsp3) is 0.200. The van der Waals surface area contributed by atoms with Crippen molar-refractivity contribution in [2.24, 2.45) is 0 Å². The van der Waals surface area contributed by atoms with Crippen molar-refractivity contribution >= 4 is 39.9 Å². The number of nitrogens with zero attached hydrogens (tertiary/aromatic N) is 6. The average molecular weight is 443 g/mol. The first-order chi connectivity index (χ1) is 15.3. The zero-order valence-corrected chi connectivity index (χ0v) is 19.2. The van der Waals surface area contributed by atoms with Gasteiger partial charge in [0.05, 0.1) is 11.2 Å². The zero-order valence-electron chi connectivity index (χ0n) is 18.4. The molecule has 5 rings (SSSR count). The minimum absolute atomic E-state index is 0.115.